The van der Waals surface area contributed by atoms with E-state index in [0.717, 1.165) is 35.3 Å². The van der Waals surface area contributed by atoms with E-state index in [4.69, 9.17) is 8.83 Å². The number of nitrogens with one attached hydrogen (secondary N) is 2. The second-order valence-corrected chi connectivity index (χ2v) is 8.80. The van der Waals surface area contributed by atoms with Crippen LogP contribution in [0.4, 0.5) is 0 Å². The largest absolute Gasteiger partial charge is 0.464 e. The minimum absolute atomic E-state index is 0.0533. The topological polar surface area (TPSA) is 100.0 Å². The Morgan fingerprint density at radius 2 is 1.55 bits per heavy atom. The van der Waals surface area contributed by atoms with Crippen molar-refractivity contribution in [2.45, 2.75) is 25.3 Å². The number of rotatable bonds is 14. The average molecular weight is 452 g/mol. The van der Waals surface area contributed by atoms with Crippen LogP contribution in [0, 0.1) is 10.1 Å². The summed E-state index contributed by atoms with van der Waals surface area (Å²) < 4.78 is 11.5. The normalized spacial score (nSPS) is 12.4. The maximum atomic E-state index is 11.6. The van der Waals surface area contributed by atoms with Crippen LogP contribution in [-0.4, -0.2) is 62.3 Å². The molecule has 9 nitrogen and oxygen atoms in total. The number of hydrogen-bond donors (Lipinski definition) is 2. The zero-order chi connectivity index (χ0) is 22.8. The summed E-state index contributed by atoms with van der Waals surface area (Å²) in [5.74, 6) is 5.18. The van der Waals surface area contributed by atoms with Gasteiger partial charge in [0.25, 0.3) is 5.70 Å². The number of nitro groups is 1. The van der Waals surface area contributed by atoms with Crippen LogP contribution in [0.5, 0.6) is 0 Å². The highest BCUT2D eigenvalue weighted by atomic mass is 32.2. The van der Waals surface area contributed by atoms with Gasteiger partial charge in [-0.05, 0) is 52.5 Å². The fourth-order valence-corrected chi connectivity index (χ4v) is 3.72. The first-order valence-corrected chi connectivity index (χ1v) is 11.3. The summed E-state index contributed by atoms with van der Waals surface area (Å²) in [7, 11) is 9.57. The standard InChI is InChI=1S/C21H33N5O4S/c1-22-21(20(26(27)28)12-16-6-7-17(29-16)13-24(2)3)23-10-11-31-15-19-9-8-18(30-19)14-25(4)5/h6-9,22-23H,10-15H2,1-5H3/b21-20-. The van der Waals surface area contributed by atoms with Crippen molar-refractivity contribution in [3.05, 3.63) is 68.9 Å². The first-order chi connectivity index (χ1) is 14.8. The molecule has 0 radical (unpaired) electrons. The Balaban J connectivity index is 1.86. The molecule has 31 heavy (non-hydrogen) atoms. The fraction of sp³-hybridized carbons (Fsp3) is 0.524. The van der Waals surface area contributed by atoms with E-state index in [-0.39, 0.29) is 17.0 Å². The number of thioether (sulfide) groups is 1. The molecule has 0 bridgehead atoms. The Kier molecular flexibility index (Phi) is 9.96. The summed E-state index contributed by atoms with van der Waals surface area (Å²) in [5.41, 5.74) is 0.0533. The maximum Gasteiger partial charge on any atom is 0.293 e. The Morgan fingerprint density at radius 3 is 2.10 bits per heavy atom. The number of allylic oxidation sites excluding steroid dienone is 1. The zero-order valence-electron chi connectivity index (χ0n) is 18.9. The SMILES string of the molecule is CN/C(NCCSCc1ccc(CN(C)C)o1)=C(\Cc1ccc(CN(C)C)o1)[N+](=O)[O-]. The second-order valence-electron chi connectivity index (χ2n) is 7.70. The van der Waals surface area contributed by atoms with E-state index < -0.39 is 0 Å². The molecule has 0 unspecified atom stereocenters. The van der Waals surface area contributed by atoms with Gasteiger partial charge in [-0.1, -0.05) is 0 Å². The number of furan rings is 2. The van der Waals surface area contributed by atoms with Crippen LogP contribution in [0.15, 0.2) is 44.6 Å². The third-order valence-corrected chi connectivity index (χ3v) is 5.25. The molecule has 0 aromatic carbocycles. The van der Waals surface area contributed by atoms with Crippen molar-refractivity contribution < 1.29 is 13.8 Å². The quantitative estimate of drug-likeness (QED) is 0.255. The summed E-state index contributed by atoms with van der Waals surface area (Å²) in [5, 5.41) is 17.7. The molecular formula is C21H33N5O4S. The molecule has 2 aromatic rings. The smallest absolute Gasteiger partial charge is 0.293 e. The Bertz CT molecular complexity index is 860. The lowest BCUT2D eigenvalue weighted by Crippen LogP contribution is -2.29. The van der Waals surface area contributed by atoms with E-state index in [0.29, 0.717) is 24.7 Å². The summed E-state index contributed by atoms with van der Waals surface area (Å²) in [4.78, 5) is 15.3. The van der Waals surface area contributed by atoms with E-state index in [1.807, 2.05) is 51.3 Å². The molecule has 0 fully saturated rings. The van der Waals surface area contributed by atoms with E-state index in [1.165, 1.54) is 0 Å². The molecule has 10 heteroatoms. The van der Waals surface area contributed by atoms with Crippen LogP contribution in [0.3, 0.4) is 0 Å². The van der Waals surface area contributed by atoms with Crippen LogP contribution in [0.25, 0.3) is 0 Å². The monoisotopic (exact) mass is 451 g/mol. The van der Waals surface area contributed by atoms with Crippen molar-refractivity contribution in [3.8, 4) is 0 Å². The zero-order valence-corrected chi connectivity index (χ0v) is 19.8. The van der Waals surface area contributed by atoms with Gasteiger partial charge in [0.2, 0.25) is 0 Å². The van der Waals surface area contributed by atoms with Crippen molar-refractivity contribution in [1.82, 2.24) is 20.4 Å². The summed E-state index contributed by atoms with van der Waals surface area (Å²) in [6, 6.07) is 7.64. The Labute approximate surface area is 188 Å². The van der Waals surface area contributed by atoms with Crippen LogP contribution in [0.2, 0.25) is 0 Å². The van der Waals surface area contributed by atoms with E-state index >= 15 is 0 Å². The summed E-state index contributed by atoms with van der Waals surface area (Å²) in [6.45, 7) is 2.02. The first-order valence-electron chi connectivity index (χ1n) is 10.1. The van der Waals surface area contributed by atoms with Gasteiger partial charge >= 0.3 is 0 Å². The van der Waals surface area contributed by atoms with Gasteiger partial charge in [-0.15, -0.1) is 0 Å². The van der Waals surface area contributed by atoms with Gasteiger partial charge in [-0.2, -0.15) is 11.8 Å². The number of hydrogen-bond acceptors (Lipinski definition) is 9. The molecule has 0 aliphatic rings. The highest BCUT2D eigenvalue weighted by molar-refractivity contribution is 7.98. The predicted octanol–water partition coefficient (Wildman–Crippen LogP) is 2.73. The maximum absolute atomic E-state index is 11.6. The molecule has 2 aromatic heterocycles. The van der Waals surface area contributed by atoms with Gasteiger partial charge in [0, 0.05) is 19.3 Å². The molecule has 2 N–H and O–H groups in total. The van der Waals surface area contributed by atoms with Crippen molar-refractivity contribution in [2.24, 2.45) is 0 Å². The van der Waals surface area contributed by atoms with Crippen molar-refractivity contribution in [3.63, 3.8) is 0 Å². The summed E-state index contributed by atoms with van der Waals surface area (Å²) in [6.07, 6.45) is 0.109. The van der Waals surface area contributed by atoms with Gasteiger partial charge in [0.15, 0.2) is 5.82 Å². The highest BCUT2D eigenvalue weighted by Gasteiger charge is 2.21. The molecule has 2 heterocycles. The minimum atomic E-state index is -0.366. The van der Waals surface area contributed by atoms with Crippen molar-refractivity contribution in [2.75, 3.05) is 47.5 Å². The molecule has 0 amide bonds. The average Bonchev–Trinajstić information content (AvgIpc) is 3.31. The van der Waals surface area contributed by atoms with Crippen LogP contribution >= 0.6 is 11.8 Å². The van der Waals surface area contributed by atoms with E-state index in [1.54, 1.807) is 24.9 Å². The van der Waals surface area contributed by atoms with E-state index in [9.17, 15) is 10.1 Å². The van der Waals surface area contributed by atoms with Crippen LogP contribution in [-0.2, 0) is 25.3 Å². The highest BCUT2D eigenvalue weighted by Crippen LogP contribution is 2.17. The van der Waals surface area contributed by atoms with Crippen molar-refractivity contribution in [1.29, 1.82) is 0 Å². The van der Waals surface area contributed by atoms with Gasteiger partial charge in [-0.25, -0.2) is 0 Å². The molecular weight excluding hydrogens is 418 g/mol. The third kappa shape index (κ3) is 8.68. The molecule has 0 aliphatic carbocycles. The lowest BCUT2D eigenvalue weighted by atomic mass is 10.2. The van der Waals surface area contributed by atoms with Gasteiger partial charge in [-0.3, -0.25) is 10.1 Å². The van der Waals surface area contributed by atoms with Crippen molar-refractivity contribution >= 4 is 11.8 Å². The molecule has 2 rings (SSSR count). The Morgan fingerprint density at radius 1 is 1.00 bits per heavy atom. The van der Waals surface area contributed by atoms with Gasteiger partial charge < -0.3 is 29.3 Å². The molecule has 0 spiro atoms. The van der Waals surface area contributed by atoms with E-state index in [2.05, 4.69) is 15.5 Å². The lowest BCUT2D eigenvalue weighted by Gasteiger charge is -2.11. The fourth-order valence-electron chi connectivity index (χ4n) is 2.98. The number of nitrogens with zero attached hydrogens (tertiary/aromatic N) is 3. The molecule has 0 saturated heterocycles. The van der Waals surface area contributed by atoms with Crippen LogP contribution in [0.1, 0.15) is 23.0 Å². The molecule has 0 aliphatic heterocycles. The minimum Gasteiger partial charge on any atom is -0.464 e. The summed E-state index contributed by atoms with van der Waals surface area (Å²) >= 11 is 1.71. The van der Waals surface area contributed by atoms with Crippen LogP contribution < -0.4 is 10.6 Å². The lowest BCUT2D eigenvalue weighted by molar-refractivity contribution is -0.429. The predicted molar refractivity (Wildman–Crippen MR) is 123 cm³/mol. The second kappa shape index (κ2) is 12.4. The van der Waals surface area contributed by atoms with Gasteiger partial charge in [0.05, 0.1) is 23.8 Å². The third-order valence-electron chi connectivity index (χ3n) is 4.27. The molecule has 0 atom stereocenters. The Hall–Kier alpha value is -2.43. The molecule has 0 saturated carbocycles. The van der Waals surface area contributed by atoms with Gasteiger partial charge in [0.1, 0.15) is 29.5 Å². The molecule has 172 valence electrons. The first kappa shape index (κ1) is 24.8.